The summed E-state index contributed by atoms with van der Waals surface area (Å²) in [5.41, 5.74) is 0.576. The molecule has 4 rings (SSSR count). The van der Waals surface area contributed by atoms with Crippen molar-refractivity contribution in [1.29, 1.82) is 0 Å². The van der Waals surface area contributed by atoms with Crippen LogP contribution in [0.4, 0.5) is 18.9 Å². The number of halogens is 3. The molecule has 2 aliphatic rings. The summed E-state index contributed by atoms with van der Waals surface area (Å²) >= 11 is 0. The van der Waals surface area contributed by atoms with Gasteiger partial charge in [-0.1, -0.05) is 30.3 Å². The van der Waals surface area contributed by atoms with E-state index in [4.69, 9.17) is 0 Å². The van der Waals surface area contributed by atoms with E-state index in [0.29, 0.717) is 17.8 Å². The number of nitrogens with zero attached hydrogens (tertiary/aromatic N) is 1. The molecule has 1 saturated carbocycles. The van der Waals surface area contributed by atoms with Crippen molar-refractivity contribution in [3.63, 3.8) is 0 Å². The summed E-state index contributed by atoms with van der Waals surface area (Å²) in [6.07, 6.45) is -2.31. The summed E-state index contributed by atoms with van der Waals surface area (Å²) in [5, 5.41) is 3.13. The third kappa shape index (κ3) is 4.77. The first-order chi connectivity index (χ1) is 15.3. The van der Waals surface area contributed by atoms with Crippen LogP contribution in [0.15, 0.2) is 48.5 Å². The second-order valence-electron chi connectivity index (χ2n) is 9.04. The Morgan fingerprint density at radius 3 is 2.38 bits per heavy atom. The van der Waals surface area contributed by atoms with Crippen LogP contribution in [0.3, 0.4) is 0 Å². The highest BCUT2D eigenvalue weighted by atomic mass is 19.4. The molecule has 2 aromatic carbocycles. The van der Waals surface area contributed by atoms with Gasteiger partial charge in [-0.3, -0.25) is 4.90 Å². The van der Waals surface area contributed by atoms with Crippen LogP contribution in [0.1, 0.15) is 41.3 Å². The van der Waals surface area contributed by atoms with Gasteiger partial charge in [-0.2, -0.15) is 13.2 Å². The fourth-order valence-corrected chi connectivity index (χ4v) is 5.65. The van der Waals surface area contributed by atoms with Gasteiger partial charge in [-0.15, -0.1) is 0 Å². The van der Waals surface area contributed by atoms with E-state index in [1.54, 1.807) is 0 Å². The molecule has 4 atom stereocenters. The van der Waals surface area contributed by atoms with E-state index in [1.807, 2.05) is 25.1 Å². The Hall–Kier alpha value is -2.54. The zero-order valence-electron chi connectivity index (χ0n) is 18.4. The molecule has 0 unspecified atom stereocenters. The third-order valence-electron chi connectivity index (χ3n) is 6.94. The van der Waals surface area contributed by atoms with Crippen LogP contribution < -0.4 is 5.32 Å². The zero-order valence-corrected chi connectivity index (χ0v) is 18.4. The number of ether oxygens (including phenoxy) is 1. The minimum Gasteiger partial charge on any atom is -0.465 e. The van der Waals surface area contributed by atoms with E-state index in [-0.39, 0.29) is 17.3 Å². The molecule has 7 heteroatoms. The predicted octanol–water partition coefficient (Wildman–Crippen LogP) is 5.45. The smallest absolute Gasteiger partial charge is 0.418 e. The molecule has 0 aromatic heterocycles. The first-order valence-electron chi connectivity index (χ1n) is 11.1. The van der Waals surface area contributed by atoms with Crippen LogP contribution in [-0.2, 0) is 17.5 Å². The standard InChI is InChI=1S/C25H29F3N2O2/c1-16(29-22-12-18(24(31)32-2)10-11-21(22)25(26,27)28)23-19-8-9-20(23)15-30(14-19)13-17-6-4-3-5-7-17/h3-7,10-12,16,19-20,23,29H,8-9,13-15H2,1-2H3/t16-,19-,20+,23-/m0/s1. The minimum absolute atomic E-state index is 0.0565. The highest BCUT2D eigenvalue weighted by Gasteiger charge is 2.45. The van der Waals surface area contributed by atoms with Crippen LogP contribution in [0.5, 0.6) is 0 Å². The number of hydrogen-bond acceptors (Lipinski definition) is 4. The number of carbonyl (C=O) groups is 1. The number of alkyl halides is 3. The Morgan fingerprint density at radius 2 is 1.78 bits per heavy atom. The van der Waals surface area contributed by atoms with Crippen LogP contribution in [-0.4, -0.2) is 37.1 Å². The molecule has 0 spiro atoms. The normalized spacial score (nSPS) is 24.2. The fourth-order valence-electron chi connectivity index (χ4n) is 5.65. The van der Waals surface area contributed by atoms with Gasteiger partial charge in [0, 0.05) is 31.4 Å². The van der Waals surface area contributed by atoms with Gasteiger partial charge in [0.05, 0.1) is 18.2 Å². The molecule has 4 nitrogen and oxygen atoms in total. The van der Waals surface area contributed by atoms with Gasteiger partial charge in [-0.25, -0.2) is 4.79 Å². The quantitative estimate of drug-likeness (QED) is 0.599. The van der Waals surface area contributed by atoms with Crippen LogP contribution in [0.2, 0.25) is 0 Å². The summed E-state index contributed by atoms with van der Waals surface area (Å²) in [6.45, 7) is 4.78. The van der Waals surface area contributed by atoms with Crippen molar-refractivity contribution in [3.8, 4) is 0 Å². The Bertz CT molecular complexity index is 934. The third-order valence-corrected chi connectivity index (χ3v) is 6.94. The van der Waals surface area contributed by atoms with Gasteiger partial charge in [0.25, 0.3) is 0 Å². The first-order valence-corrected chi connectivity index (χ1v) is 11.1. The Balaban J connectivity index is 1.50. The fraction of sp³-hybridized carbons (Fsp3) is 0.480. The van der Waals surface area contributed by atoms with E-state index in [9.17, 15) is 18.0 Å². The molecule has 32 heavy (non-hydrogen) atoms. The summed E-state index contributed by atoms with van der Waals surface area (Å²) in [5.74, 6) is 0.532. The summed E-state index contributed by atoms with van der Waals surface area (Å²) in [4.78, 5) is 14.3. The van der Waals surface area contributed by atoms with Crippen LogP contribution in [0.25, 0.3) is 0 Å². The first kappa shape index (κ1) is 22.6. The molecule has 0 amide bonds. The van der Waals surface area contributed by atoms with Crippen molar-refractivity contribution in [2.75, 3.05) is 25.5 Å². The molecule has 172 valence electrons. The number of carbonyl (C=O) groups excluding carboxylic acids is 1. The van der Waals surface area contributed by atoms with Crippen molar-refractivity contribution in [2.45, 2.75) is 38.5 Å². The van der Waals surface area contributed by atoms with Crippen LogP contribution in [0, 0.1) is 17.8 Å². The molecule has 1 aliphatic heterocycles. The molecule has 1 saturated heterocycles. The van der Waals surface area contributed by atoms with Crippen molar-refractivity contribution < 1.29 is 22.7 Å². The largest absolute Gasteiger partial charge is 0.465 e. The lowest BCUT2D eigenvalue weighted by molar-refractivity contribution is -0.137. The number of methoxy groups -OCH3 is 1. The monoisotopic (exact) mass is 446 g/mol. The number of rotatable bonds is 6. The molecule has 1 aliphatic carbocycles. The Labute approximate surface area is 186 Å². The summed E-state index contributed by atoms with van der Waals surface area (Å²) < 4.78 is 45.5. The van der Waals surface area contributed by atoms with Crippen molar-refractivity contribution >= 4 is 11.7 Å². The SMILES string of the molecule is COC(=O)c1ccc(C(F)(F)F)c(N[C@@H](C)[C@@H]2[C@@H]3CC[C@H]2CN(Cc2ccccc2)C3)c1. The number of esters is 1. The summed E-state index contributed by atoms with van der Waals surface area (Å²) in [6, 6.07) is 13.6. The van der Waals surface area contributed by atoms with Gasteiger partial charge in [0.2, 0.25) is 0 Å². The molecular weight excluding hydrogens is 417 g/mol. The number of hydrogen-bond donors (Lipinski definition) is 1. The number of nitrogens with one attached hydrogen (secondary N) is 1. The maximum absolute atomic E-state index is 13.6. The maximum atomic E-state index is 13.6. The molecule has 1 N–H and O–H groups in total. The van der Waals surface area contributed by atoms with Crippen molar-refractivity contribution in [2.24, 2.45) is 17.8 Å². The maximum Gasteiger partial charge on any atom is 0.418 e. The molecule has 2 fully saturated rings. The second-order valence-corrected chi connectivity index (χ2v) is 9.04. The minimum atomic E-state index is -4.51. The van der Waals surface area contributed by atoms with Crippen molar-refractivity contribution in [1.82, 2.24) is 4.90 Å². The van der Waals surface area contributed by atoms with E-state index in [0.717, 1.165) is 44.6 Å². The van der Waals surface area contributed by atoms with E-state index in [2.05, 4.69) is 27.1 Å². The lowest BCUT2D eigenvalue weighted by Crippen LogP contribution is -2.46. The lowest BCUT2D eigenvalue weighted by Gasteiger charge is -2.41. The van der Waals surface area contributed by atoms with E-state index < -0.39 is 17.7 Å². The van der Waals surface area contributed by atoms with Gasteiger partial charge < -0.3 is 10.1 Å². The highest BCUT2D eigenvalue weighted by Crippen LogP contribution is 2.45. The lowest BCUT2D eigenvalue weighted by atomic mass is 9.80. The Kier molecular flexibility index (Phi) is 6.47. The number of piperidine rings is 1. The van der Waals surface area contributed by atoms with Gasteiger partial charge in [0.15, 0.2) is 0 Å². The number of likely N-dealkylation sites (tertiary alicyclic amines) is 1. The van der Waals surface area contributed by atoms with Crippen molar-refractivity contribution in [3.05, 3.63) is 65.2 Å². The molecule has 2 aromatic rings. The van der Waals surface area contributed by atoms with E-state index >= 15 is 0 Å². The predicted molar refractivity (Wildman–Crippen MR) is 117 cm³/mol. The number of anilines is 1. The summed E-state index contributed by atoms with van der Waals surface area (Å²) in [7, 11) is 1.22. The molecular formula is C25H29F3N2O2. The Morgan fingerprint density at radius 1 is 1.12 bits per heavy atom. The molecule has 1 heterocycles. The molecule has 2 bridgehead atoms. The topological polar surface area (TPSA) is 41.6 Å². The van der Waals surface area contributed by atoms with Gasteiger partial charge in [0.1, 0.15) is 0 Å². The molecule has 0 radical (unpaired) electrons. The van der Waals surface area contributed by atoms with Gasteiger partial charge >= 0.3 is 12.1 Å². The number of benzene rings is 2. The average Bonchev–Trinajstić information content (AvgIpc) is 3.04. The number of fused-ring (bicyclic) bond motifs is 2. The second kappa shape index (κ2) is 9.14. The highest BCUT2D eigenvalue weighted by molar-refractivity contribution is 5.90. The van der Waals surface area contributed by atoms with Crippen LogP contribution >= 0.6 is 0 Å². The zero-order chi connectivity index (χ0) is 22.9. The average molecular weight is 447 g/mol. The van der Waals surface area contributed by atoms with E-state index in [1.165, 1.54) is 18.7 Å². The van der Waals surface area contributed by atoms with Gasteiger partial charge in [-0.05, 0) is 61.3 Å².